The van der Waals surface area contributed by atoms with Crippen LogP contribution < -0.4 is 10.6 Å². The van der Waals surface area contributed by atoms with Crippen LogP contribution in [0.2, 0.25) is 0 Å². The zero-order chi connectivity index (χ0) is 11.1. The highest BCUT2D eigenvalue weighted by Crippen LogP contribution is 1.94. The highest BCUT2D eigenvalue weighted by atomic mass is 32.1. The van der Waals surface area contributed by atoms with Crippen LogP contribution in [0, 0.1) is 0 Å². The quantitative estimate of drug-likeness (QED) is 0.420. The predicted molar refractivity (Wildman–Crippen MR) is 49.6 cm³/mol. The number of hydrogen-bond acceptors (Lipinski definition) is 4. The molecule has 8 heteroatoms. The zero-order valence-electron chi connectivity index (χ0n) is 7.06. The Kier molecular flexibility index (Phi) is 5.46. The van der Waals surface area contributed by atoms with Crippen LogP contribution in [-0.4, -0.2) is 40.1 Å². The van der Waals surface area contributed by atoms with E-state index in [1.807, 2.05) is 5.32 Å². The van der Waals surface area contributed by atoms with Gasteiger partial charge < -0.3 is 15.5 Å². The Balaban J connectivity index is 4.09. The van der Waals surface area contributed by atoms with Crippen LogP contribution in [0.3, 0.4) is 0 Å². The predicted octanol–water partition coefficient (Wildman–Crippen LogP) is -0.263. The molecule has 0 spiro atoms. The van der Waals surface area contributed by atoms with E-state index >= 15 is 0 Å². The second-order valence-corrected chi connectivity index (χ2v) is 2.75. The first kappa shape index (κ1) is 12.6. The van der Waals surface area contributed by atoms with Crippen molar-refractivity contribution in [1.29, 1.82) is 0 Å². The van der Waals surface area contributed by atoms with E-state index in [-0.39, 0.29) is 12.2 Å². The summed E-state index contributed by atoms with van der Waals surface area (Å²) in [7, 11) is 0. The van der Waals surface area contributed by atoms with Gasteiger partial charge in [-0.15, -0.1) is 0 Å². The van der Waals surface area contributed by atoms with Crippen LogP contribution >= 0.6 is 12.6 Å². The van der Waals surface area contributed by atoms with E-state index in [9.17, 15) is 14.4 Å². The molecule has 0 aromatic rings. The first-order valence-corrected chi connectivity index (χ1v) is 4.24. The largest absolute Gasteiger partial charge is 0.480 e. The second kappa shape index (κ2) is 6.08. The summed E-state index contributed by atoms with van der Waals surface area (Å²) in [5, 5.41) is 20.1. The minimum Gasteiger partial charge on any atom is -0.480 e. The number of imide groups is 1. The lowest BCUT2D eigenvalue weighted by Gasteiger charge is -2.12. The third-order valence-electron chi connectivity index (χ3n) is 1.24. The molecule has 1 unspecified atom stereocenters. The number of carbonyl (C=O) groups is 3. The van der Waals surface area contributed by atoms with Crippen LogP contribution in [0.4, 0.5) is 9.59 Å². The molecule has 0 aliphatic rings. The van der Waals surface area contributed by atoms with Crippen molar-refractivity contribution in [3.63, 3.8) is 0 Å². The minimum absolute atomic E-state index is 0.117. The Morgan fingerprint density at radius 2 is 1.86 bits per heavy atom. The number of nitrogens with one attached hydrogen (secondary N) is 2. The van der Waals surface area contributed by atoms with Gasteiger partial charge in [0, 0.05) is 0 Å². The lowest BCUT2D eigenvalue weighted by atomic mass is 10.2. The number of aliphatic carboxylic acids is 1. The molecule has 0 aliphatic heterocycles. The van der Waals surface area contributed by atoms with Gasteiger partial charge in [0.2, 0.25) is 0 Å². The Hall–Kier alpha value is -1.44. The third kappa shape index (κ3) is 5.25. The summed E-state index contributed by atoms with van der Waals surface area (Å²) >= 11 is 3.80. The van der Waals surface area contributed by atoms with Gasteiger partial charge in [-0.1, -0.05) is 0 Å². The second-order valence-electron chi connectivity index (χ2n) is 2.31. The molecule has 0 fully saturated rings. The first-order chi connectivity index (χ1) is 6.47. The number of carboxylic acids is 1. The molecule has 4 N–H and O–H groups in total. The standard InChI is InChI=1S/C6H10N2O5S/c9-4(10)3(1-2-14)7-5(11)8-6(12)13/h3,14H,1-2H2,(H,9,10)(H,12,13)(H2,7,8,11). The fourth-order valence-corrected chi connectivity index (χ4v) is 0.936. The molecular weight excluding hydrogens is 212 g/mol. The lowest BCUT2D eigenvalue weighted by molar-refractivity contribution is -0.139. The van der Waals surface area contributed by atoms with Crippen LogP contribution in [0.15, 0.2) is 0 Å². The smallest absolute Gasteiger partial charge is 0.412 e. The van der Waals surface area contributed by atoms with Crippen LogP contribution in [-0.2, 0) is 4.79 Å². The molecule has 0 saturated heterocycles. The van der Waals surface area contributed by atoms with Crippen molar-refractivity contribution < 1.29 is 24.6 Å². The van der Waals surface area contributed by atoms with E-state index in [1.165, 1.54) is 5.32 Å². The van der Waals surface area contributed by atoms with E-state index in [2.05, 4.69) is 12.6 Å². The number of amides is 3. The van der Waals surface area contributed by atoms with Crippen molar-refractivity contribution in [3.8, 4) is 0 Å². The average Bonchev–Trinajstić information content (AvgIpc) is 2.01. The van der Waals surface area contributed by atoms with Crippen molar-refractivity contribution in [2.75, 3.05) is 5.75 Å². The minimum atomic E-state index is -1.54. The maximum atomic E-state index is 10.8. The number of hydrogen-bond donors (Lipinski definition) is 5. The number of carbonyl (C=O) groups excluding carboxylic acids is 1. The fraction of sp³-hybridized carbons (Fsp3) is 0.500. The van der Waals surface area contributed by atoms with Crippen molar-refractivity contribution in [2.24, 2.45) is 0 Å². The Labute approximate surface area is 84.9 Å². The molecule has 0 heterocycles. The Morgan fingerprint density at radius 1 is 1.29 bits per heavy atom. The summed E-state index contributed by atoms with van der Waals surface area (Å²) in [6, 6.07) is -2.20. The van der Waals surface area contributed by atoms with Crippen molar-refractivity contribution in [3.05, 3.63) is 0 Å². The van der Waals surface area contributed by atoms with Gasteiger partial charge >= 0.3 is 18.1 Å². The third-order valence-corrected chi connectivity index (χ3v) is 1.50. The van der Waals surface area contributed by atoms with E-state index in [4.69, 9.17) is 10.2 Å². The molecule has 1 atom stereocenters. The van der Waals surface area contributed by atoms with E-state index < -0.39 is 24.1 Å². The molecule has 0 radical (unpaired) electrons. The monoisotopic (exact) mass is 222 g/mol. The van der Waals surface area contributed by atoms with Crippen molar-refractivity contribution in [1.82, 2.24) is 10.6 Å². The summed E-state index contributed by atoms with van der Waals surface area (Å²) in [5.74, 6) is -0.968. The van der Waals surface area contributed by atoms with Gasteiger partial charge in [-0.05, 0) is 12.2 Å². The highest BCUT2D eigenvalue weighted by Gasteiger charge is 2.19. The Bertz CT molecular complexity index is 244. The van der Waals surface area contributed by atoms with Gasteiger partial charge in [-0.3, -0.25) is 0 Å². The summed E-state index contributed by atoms with van der Waals surface area (Å²) in [4.78, 5) is 31.2. The maximum absolute atomic E-state index is 10.8. The van der Waals surface area contributed by atoms with Crippen LogP contribution in [0.25, 0.3) is 0 Å². The van der Waals surface area contributed by atoms with E-state index in [0.29, 0.717) is 0 Å². The van der Waals surface area contributed by atoms with Gasteiger partial charge in [-0.25, -0.2) is 19.7 Å². The summed E-state index contributed by atoms with van der Waals surface area (Å²) in [5.41, 5.74) is 0. The van der Waals surface area contributed by atoms with Crippen molar-refractivity contribution in [2.45, 2.75) is 12.5 Å². The SMILES string of the molecule is O=C(O)NC(=O)NC(CCS)C(=O)O. The fourth-order valence-electron chi connectivity index (χ4n) is 0.678. The normalized spacial score (nSPS) is 11.5. The number of carboxylic acid groups (broad SMARTS) is 2. The van der Waals surface area contributed by atoms with Gasteiger partial charge in [0.1, 0.15) is 6.04 Å². The first-order valence-electron chi connectivity index (χ1n) is 3.61. The van der Waals surface area contributed by atoms with Gasteiger partial charge in [0.05, 0.1) is 0 Å². The summed E-state index contributed by atoms with van der Waals surface area (Å²) < 4.78 is 0. The van der Waals surface area contributed by atoms with Crippen LogP contribution in [0.5, 0.6) is 0 Å². The molecular formula is C6H10N2O5S. The van der Waals surface area contributed by atoms with E-state index in [0.717, 1.165) is 0 Å². The van der Waals surface area contributed by atoms with Gasteiger partial charge in [0.15, 0.2) is 0 Å². The molecule has 0 saturated carbocycles. The molecule has 0 aliphatic carbocycles. The molecule has 0 rings (SSSR count). The zero-order valence-corrected chi connectivity index (χ0v) is 7.95. The number of urea groups is 1. The van der Waals surface area contributed by atoms with Gasteiger partial charge in [-0.2, -0.15) is 12.6 Å². The topological polar surface area (TPSA) is 116 Å². The van der Waals surface area contributed by atoms with E-state index in [1.54, 1.807) is 0 Å². The molecule has 0 bridgehead atoms. The molecule has 0 aromatic heterocycles. The number of rotatable bonds is 4. The summed E-state index contributed by atoms with van der Waals surface area (Å²) in [6.07, 6.45) is -1.43. The molecule has 80 valence electrons. The van der Waals surface area contributed by atoms with Crippen LogP contribution in [0.1, 0.15) is 6.42 Å². The van der Waals surface area contributed by atoms with Crippen molar-refractivity contribution >= 4 is 30.7 Å². The molecule has 14 heavy (non-hydrogen) atoms. The van der Waals surface area contributed by atoms with Gasteiger partial charge in [0.25, 0.3) is 0 Å². The maximum Gasteiger partial charge on any atom is 0.412 e. The molecule has 0 aromatic carbocycles. The Morgan fingerprint density at radius 3 is 2.21 bits per heavy atom. The average molecular weight is 222 g/mol. The molecule has 3 amide bonds. The highest BCUT2D eigenvalue weighted by molar-refractivity contribution is 7.80. The lowest BCUT2D eigenvalue weighted by Crippen LogP contribution is -2.47. The summed E-state index contributed by atoms with van der Waals surface area (Å²) in [6.45, 7) is 0. The number of thiol groups is 1. The molecule has 7 nitrogen and oxygen atoms in total.